The third kappa shape index (κ3) is 11.4. The molecule has 11 nitrogen and oxygen atoms in total. The van der Waals surface area contributed by atoms with Gasteiger partial charge in [-0.1, -0.05) is 24.3 Å². The minimum Gasteiger partial charge on any atom is -0.466 e. The lowest BCUT2D eigenvalue weighted by molar-refractivity contribution is -0.143. The van der Waals surface area contributed by atoms with Gasteiger partial charge in [0.15, 0.2) is 0 Å². The smallest absolute Gasteiger partial charge is 0.408 e. The van der Waals surface area contributed by atoms with Crippen LogP contribution in [0.15, 0.2) is 49.1 Å². The predicted octanol–water partition coefficient (Wildman–Crippen LogP) is 4.36. The number of amides is 1. The van der Waals surface area contributed by atoms with Crippen LogP contribution in [0.3, 0.4) is 0 Å². The molecule has 2 aromatic heterocycles. The van der Waals surface area contributed by atoms with Crippen molar-refractivity contribution in [1.29, 1.82) is 0 Å². The van der Waals surface area contributed by atoms with E-state index in [4.69, 9.17) is 9.47 Å². The van der Waals surface area contributed by atoms with Crippen LogP contribution in [0.1, 0.15) is 69.7 Å². The first-order chi connectivity index (χ1) is 19.5. The molecule has 3 rings (SSSR count). The number of esters is 1. The summed E-state index contributed by atoms with van der Waals surface area (Å²) in [5, 5.41) is 2.97. The Morgan fingerprint density at radius 2 is 1.76 bits per heavy atom. The summed E-state index contributed by atoms with van der Waals surface area (Å²) in [5.74, 6) is 1.66. The fraction of sp³-hybridized carbons (Fsp3) is 0.533. The summed E-state index contributed by atoms with van der Waals surface area (Å²) >= 11 is 0. The van der Waals surface area contributed by atoms with E-state index in [0.29, 0.717) is 45.5 Å². The number of hydrogen-bond donors (Lipinski definition) is 2. The van der Waals surface area contributed by atoms with Crippen LogP contribution in [0.2, 0.25) is 0 Å². The minimum atomic E-state index is -0.602. The van der Waals surface area contributed by atoms with Gasteiger partial charge >= 0.3 is 12.1 Å². The first kappa shape index (κ1) is 31.8. The number of H-pyrrole nitrogens is 1. The number of imidazole rings is 2. The molecule has 2 N–H and O–H groups in total. The lowest BCUT2D eigenvalue weighted by Crippen LogP contribution is -2.47. The van der Waals surface area contributed by atoms with Crippen LogP contribution in [-0.4, -0.2) is 66.8 Å². The number of aromatic nitrogens is 4. The average Bonchev–Trinajstić information content (AvgIpc) is 3.55. The molecule has 0 saturated heterocycles. The fourth-order valence-electron chi connectivity index (χ4n) is 4.44. The van der Waals surface area contributed by atoms with Crippen molar-refractivity contribution in [3.05, 3.63) is 71.8 Å². The Bertz CT molecular complexity index is 1200. The van der Waals surface area contributed by atoms with Gasteiger partial charge in [0.25, 0.3) is 0 Å². The maximum atomic E-state index is 12.6. The number of aryl methyl sites for hydroxylation is 1. The Hall–Kier alpha value is -3.70. The fourth-order valence-corrected chi connectivity index (χ4v) is 4.44. The molecule has 224 valence electrons. The molecule has 11 heteroatoms. The summed E-state index contributed by atoms with van der Waals surface area (Å²) in [6.45, 7) is 10.4. The third-order valence-corrected chi connectivity index (χ3v) is 6.45. The Labute approximate surface area is 243 Å². The number of nitrogens with one attached hydrogen (secondary N) is 2. The van der Waals surface area contributed by atoms with Gasteiger partial charge in [0.1, 0.15) is 17.2 Å². The zero-order chi connectivity index (χ0) is 29.8. The number of aromatic amines is 1. The molecule has 0 bridgehead atoms. The van der Waals surface area contributed by atoms with E-state index in [1.165, 1.54) is 5.56 Å². The lowest BCUT2D eigenvalue weighted by atomic mass is 10.1. The molecule has 0 radical (unpaired) electrons. The molecule has 1 amide bonds. The molecular weight excluding hydrogens is 522 g/mol. The standard InChI is InChI=1S/C30H45N7O4/c1-7-40-28(38)10-8-9-26(34-29(39)41-30(2,3)4)36(6)19-23-11-13-24(14-12-23)20-37(21-25-31-15-16-32-25)22-27-33-17-18-35(27)5/h11-18,26H,7-10,19-22H2,1-6H3,(H,31,32)(H,34,39). The van der Waals surface area contributed by atoms with Crippen LogP contribution in [0.5, 0.6) is 0 Å². The molecule has 1 unspecified atom stereocenters. The molecule has 0 spiro atoms. The number of carbonyl (C=O) groups excluding carboxylic acids is 2. The molecule has 3 aromatic rings. The first-order valence-electron chi connectivity index (χ1n) is 14.1. The number of carbonyl (C=O) groups is 2. The van der Waals surface area contributed by atoms with Crippen molar-refractivity contribution in [3.63, 3.8) is 0 Å². The molecule has 0 aliphatic rings. The SMILES string of the molecule is CCOC(=O)CCCC(NC(=O)OC(C)(C)C)N(C)Cc1ccc(CN(Cc2ncc[nH]2)Cc2nccn2C)cc1. The van der Waals surface area contributed by atoms with Gasteiger partial charge in [-0.25, -0.2) is 14.8 Å². The number of alkyl carbamates (subject to hydrolysis) is 1. The summed E-state index contributed by atoms with van der Waals surface area (Å²) in [7, 11) is 3.96. The van der Waals surface area contributed by atoms with Gasteiger partial charge in [-0.15, -0.1) is 0 Å². The maximum absolute atomic E-state index is 12.6. The average molecular weight is 568 g/mol. The highest BCUT2D eigenvalue weighted by Gasteiger charge is 2.22. The van der Waals surface area contributed by atoms with Gasteiger partial charge in [-0.3, -0.25) is 14.6 Å². The minimum absolute atomic E-state index is 0.231. The van der Waals surface area contributed by atoms with E-state index < -0.39 is 11.7 Å². The third-order valence-electron chi connectivity index (χ3n) is 6.45. The Morgan fingerprint density at radius 3 is 2.34 bits per heavy atom. The van der Waals surface area contributed by atoms with E-state index in [-0.39, 0.29) is 12.1 Å². The normalized spacial score (nSPS) is 12.5. The summed E-state index contributed by atoms with van der Waals surface area (Å²) in [5.41, 5.74) is 1.68. The molecular formula is C30H45N7O4. The molecule has 41 heavy (non-hydrogen) atoms. The molecule has 0 aliphatic carbocycles. The highest BCUT2D eigenvalue weighted by molar-refractivity contribution is 5.69. The summed E-state index contributed by atoms with van der Waals surface area (Å²) < 4.78 is 12.6. The van der Waals surface area contributed by atoms with E-state index in [9.17, 15) is 9.59 Å². The van der Waals surface area contributed by atoms with Gasteiger partial charge in [0, 0.05) is 51.3 Å². The van der Waals surface area contributed by atoms with Crippen LogP contribution in [0, 0.1) is 0 Å². The number of benzene rings is 1. The van der Waals surface area contributed by atoms with Crippen molar-refractivity contribution in [2.75, 3.05) is 13.7 Å². The highest BCUT2D eigenvalue weighted by Crippen LogP contribution is 2.16. The van der Waals surface area contributed by atoms with Gasteiger partial charge in [-0.05, 0) is 58.7 Å². The van der Waals surface area contributed by atoms with Crippen molar-refractivity contribution < 1.29 is 19.1 Å². The zero-order valence-electron chi connectivity index (χ0n) is 25.2. The predicted molar refractivity (Wildman–Crippen MR) is 156 cm³/mol. The molecule has 0 fully saturated rings. The second-order valence-corrected chi connectivity index (χ2v) is 11.2. The summed E-state index contributed by atoms with van der Waals surface area (Å²) in [4.78, 5) is 40.8. The number of nitrogens with zero attached hydrogens (tertiary/aromatic N) is 5. The topological polar surface area (TPSA) is 118 Å². The molecule has 1 atom stereocenters. The molecule has 1 aromatic carbocycles. The zero-order valence-corrected chi connectivity index (χ0v) is 25.2. The second kappa shape index (κ2) is 15.3. The molecule has 2 heterocycles. The number of ether oxygens (including phenoxy) is 2. The Kier molecular flexibility index (Phi) is 11.9. The molecule has 0 aliphatic heterocycles. The first-order valence-corrected chi connectivity index (χ1v) is 14.1. The van der Waals surface area contributed by atoms with E-state index in [0.717, 1.165) is 23.8 Å². The van der Waals surface area contributed by atoms with Crippen LogP contribution < -0.4 is 5.32 Å². The van der Waals surface area contributed by atoms with Crippen LogP contribution in [-0.2, 0) is 47.5 Å². The maximum Gasteiger partial charge on any atom is 0.408 e. The van der Waals surface area contributed by atoms with Crippen molar-refractivity contribution in [3.8, 4) is 0 Å². The quantitative estimate of drug-likeness (QED) is 0.206. The largest absolute Gasteiger partial charge is 0.466 e. The van der Waals surface area contributed by atoms with Gasteiger partial charge < -0.3 is 24.3 Å². The Morgan fingerprint density at radius 1 is 1.05 bits per heavy atom. The van der Waals surface area contributed by atoms with E-state index in [1.54, 1.807) is 13.1 Å². The number of rotatable bonds is 15. The van der Waals surface area contributed by atoms with Gasteiger partial charge in [0.05, 0.1) is 25.9 Å². The van der Waals surface area contributed by atoms with Crippen molar-refractivity contribution >= 4 is 12.1 Å². The Balaban J connectivity index is 1.63. The van der Waals surface area contributed by atoms with Crippen molar-refractivity contribution in [2.24, 2.45) is 7.05 Å². The highest BCUT2D eigenvalue weighted by atomic mass is 16.6. The summed E-state index contributed by atoms with van der Waals surface area (Å²) in [6, 6.07) is 8.49. The van der Waals surface area contributed by atoms with E-state index in [2.05, 4.69) is 54.3 Å². The van der Waals surface area contributed by atoms with Crippen molar-refractivity contribution in [1.82, 2.24) is 34.6 Å². The van der Waals surface area contributed by atoms with Gasteiger partial charge in [0.2, 0.25) is 0 Å². The molecule has 0 saturated carbocycles. The van der Waals surface area contributed by atoms with Gasteiger partial charge in [-0.2, -0.15) is 0 Å². The lowest BCUT2D eigenvalue weighted by Gasteiger charge is -2.30. The van der Waals surface area contributed by atoms with E-state index in [1.807, 2.05) is 58.0 Å². The van der Waals surface area contributed by atoms with Crippen LogP contribution >= 0.6 is 0 Å². The second-order valence-electron chi connectivity index (χ2n) is 11.2. The van der Waals surface area contributed by atoms with Crippen molar-refractivity contribution in [2.45, 2.75) is 84.9 Å². The number of hydrogen-bond acceptors (Lipinski definition) is 8. The summed E-state index contributed by atoms with van der Waals surface area (Å²) in [6.07, 6.45) is 8.05. The van der Waals surface area contributed by atoms with Crippen LogP contribution in [0.4, 0.5) is 4.79 Å². The monoisotopic (exact) mass is 567 g/mol. The van der Waals surface area contributed by atoms with Crippen LogP contribution in [0.25, 0.3) is 0 Å². The van der Waals surface area contributed by atoms with E-state index >= 15 is 0 Å².